The standard InChI is InChI=1S/C14H15FN2OS/c1-9(10-6-7-19-8-10)17-14(18)11-4-3-5-12(15)13(11)16-2/h3-9,16H,1-2H3,(H,17,18). The van der Waals surface area contributed by atoms with Gasteiger partial charge < -0.3 is 10.6 Å². The predicted octanol–water partition coefficient (Wildman–Crippen LogP) is 3.42. The van der Waals surface area contributed by atoms with Crippen LogP contribution in [0.5, 0.6) is 0 Å². The molecule has 5 heteroatoms. The molecule has 0 aliphatic heterocycles. The molecule has 100 valence electrons. The van der Waals surface area contributed by atoms with Crippen LogP contribution in [-0.2, 0) is 0 Å². The number of anilines is 1. The molecular weight excluding hydrogens is 263 g/mol. The Labute approximate surface area is 115 Å². The number of benzene rings is 1. The third kappa shape index (κ3) is 2.93. The molecule has 2 N–H and O–H groups in total. The predicted molar refractivity (Wildman–Crippen MR) is 76.1 cm³/mol. The van der Waals surface area contributed by atoms with Crippen LogP contribution in [0, 0.1) is 5.82 Å². The van der Waals surface area contributed by atoms with Gasteiger partial charge in [0.15, 0.2) is 0 Å². The number of halogens is 1. The number of rotatable bonds is 4. The molecule has 2 aromatic rings. The van der Waals surface area contributed by atoms with E-state index in [1.54, 1.807) is 24.5 Å². The first-order valence-electron chi connectivity index (χ1n) is 5.92. The summed E-state index contributed by atoms with van der Waals surface area (Å²) in [7, 11) is 1.59. The summed E-state index contributed by atoms with van der Waals surface area (Å²) in [4.78, 5) is 12.2. The lowest BCUT2D eigenvalue weighted by Crippen LogP contribution is -2.27. The molecule has 3 nitrogen and oxygen atoms in total. The van der Waals surface area contributed by atoms with E-state index in [0.29, 0.717) is 5.56 Å². The average molecular weight is 278 g/mol. The van der Waals surface area contributed by atoms with E-state index in [9.17, 15) is 9.18 Å². The van der Waals surface area contributed by atoms with E-state index in [1.807, 2.05) is 23.8 Å². The van der Waals surface area contributed by atoms with E-state index in [2.05, 4.69) is 10.6 Å². The number of para-hydroxylation sites is 1. The largest absolute Gasteiger partial charge is 0.385 e. The van der Waals surface area contributed by atoms with Crippen molar-refractivity contribution in [2.24, 2.45) is 0 Å². The fourth-order valence-corrected chi connectivity index (χ4v) is 2.60. The zero-order valence-electron chi connectivity index (χ0n) is 10.7. The Kier molecular flexibility index (Phi) is 4.16. The van der Waals surface area contributed by atoms with E-state index < -0.39 is 5.82 Å². The number of carbonyl (C=O) groups is 1. The van der Waals surface area contributed by atoms with E-state index in [1.165, 1.54) is 12.1 Å². The SMILES string of the molecule is CNc1c(F)cccc1C(=O)NC(C)c1ccsc1. The first-order valence-corrected chi connectivity index (χ1v) is 6.87. The fourth-order valence-electron chi connectivity index (χ4n) is 1.85. The first kappa shape index (κ1) is 13.5. The number of hydrogen-bond donors (Lipinski definition) is 2. The van der Waals surface area contributed by atoms with Gasteiger partial charge in [0, 0.05) is 7.05 Å². The van der Waals surface area contributed by atoms with Crippen LogP contribution in [0.25, 0.3) is 0 Å². The van der Waals surface area contributed by atoms with Crippen molar-refractivity contribution in [2.45, 2.75) is 13.0 Å². The van der Waals surface area contributed by atoms with E-state index in [4.69, 9.17) is 0 Å². The summed E-state index contributed by atoms with van der Waals surface area (Å²) >= 11 is 1.58. The van der Waals surface area contributed by atoms with Gasteiger partial charge >= 0.3 is 0 Å². The van der Waals surface area contributed by atoms with Crippen LogP contribution < -0.4 is 10.6 Å². The van der Waals surface area contributed by atoms with Crippen LogP contribution in [0.2, 0.25) is 0 Å². The summed E-state index contributed by atoms with van der Waals surface area (Å²) in [6.45, 7) is 1.90. The Bertz CT molecular complexity index is 569. The molecule has 0 saturated heterocycles. The Hall–Kier alpha value is -1.88. The van der Waals surface area contributed by atoms with Gasteiger partial charge in [0.2, 0.25) is 0 Å². The molecule has 1 amide bonds. The molecule has 0 saturated carbocycles. The molecular formula is C14H15FN2OS. The maximum Gasteiger partial charge on any atom is 0.253 e. The van der Waals surface area contributed by atoms with Crippen molar-refractivity contribution in [1.82, 2.24) is 5.32 Å². The zero-order chi connectivity index (χ0) is 13.8. The van der Waals surface area contributed by atoms with Gasteiger partial charge in [0.25, 0.3) is 5.91 Å². The molecule has 19 heavy (non-hydrogen) atoms. The van der Waals surface area contributed by atoms with Crippen molar-refractivity contribution in [3.05, 3.63) is 52.0 Å². The molecule has 1 aromatic heterocycles. The number of nitrogens with one attached hydrogen (secondary N) is 2. The zero-order valence-corrected chi connectivity index (χ0v) is 11.6. The Morgan fingerprint density at radius 1 is 1.37 bits per heavy atom. The molecule has 0 aliphatic rings. The maximum absolute atomic E-state index is 13.6. The summed E-state index contributed by atoms with van der Waals surface area (Å²) in [6, 6.07) is 6.31. The van der Waals surface area contributed by atoms with Gasteiger partial charge in [0.05, 0.1) is 17.3 Å². The van der Waals surface area contributed by atoms with Crippen molar-refractivity contribution in [2.75, 3.05) is 12.4 Å². The monoisotopic (exact) mass is 278 g/mol. The first-order chi connectivity index (χ1) is 9.13. The number of carbonyl (C=O) groups excluding carboxylic acids is 1. The average Bonchev–Trinajstić information content (AvgIpc) is 2.92. The molecule has 1 heterocycles. The van der Waals surface area contributed by atoms with Crippen LogP contribution in [0.15, 0.2) is 35.0 Å². The minimum absolute atomic E-state index is 0.105. The van der Waals surface area contributed by atoms with Gasteiger partial charge in [-0.15, -0.1) is 0 Å². The second-order valence-corrected chi connectivity index (χ2v) is 4.94. The molecule has 2 rings (SSSR count). The van der Waals surface area contributed by atoms with E-state index >= 15 is 0 Å². The third-order valence-electron chi connectivity index (χ3n) is 2.90. The lowest BCUT2D eigenvalue weighted by Gasteiger charge is -2.15. The minimum atomic E-state index is -0.432. The van der Waals surface area contributed by atoms with Crippen LogP contribution >= 0.6 is 11.3 Å². The van der Waals surface area contributed by atoms with Crippen LogP contribution in [0.4, 0.5) is 10.1 Å². The quantitative estimate of drug-likeness (QED) is 0.899. The third-order valence-corrected chi connectivity index (χ3v) is 3.60. The number of amides is 1. The van der Waals surface area contributed by atoms with Crippen molar-refractivity contribution in [3.8, 4) is 0 Å². The number of thiophene rings is 1. The number of hydrogen-bond acceptors (Lipinski definition) is 3. The maximum atomic E-state index is 13.6. The molecule has 0 fully saturated rings. The summed E-state index contributed by atoms with van der Waals surface area (Å²) in [5, 5.41) is 9.52. The van der Waals surface area contributed by atoms with Crippen molar-refractivity contribution in [3.63, 3.8) is 0 Å². The minimum Gasteiger partial charge on any atom is -0.385 e. The second-order valence-electron chi connectivity index (χ2n) is 4.16. The highest BCUT2D eigenvalue weighted by Crippen LogP contribution is 2.21. The highest BCUT2D eigenvalue weighted by atomic mass is 32.1. The summed E-state index contributed by atoms with van der Waals surface area (Å²) in [5.74, 6) is -0.721. The lowest BCUT2D eigenvalue weighted by atomic mass is 10.1. The van der Waals surface area contributed by atoms with Gasteiger partial charge in [0.1, 0.15) is 5.82 Å². The highest BCUT2D eigenvalue weighted by molar-refractivity contribution is 7.07. The molecule has 0 bridgehead atoms. The summed E-state index contributed by atoms with van der Waals surface area (Å²) in [5.41, 5.74) is 1.57. The molecule has 1 atom stereocenters. The fraction of sp³-hybridized carbons (Fsp3) is 0.214. The smallest absolute Gasteiger partial charge is 0.253 e. The van der Waals surface area contributed by atoms with Crippen LogP contribution in [0.1, 0.15) is 28.9 Å². The topological polar surface area (TPSA) is 41.1 Å². The molecule has 0 radical (unpaired) electrons. The van der Waals surface area contributed by atoms with Crippen LogP contribution in [-0.4, -0.2) is 13.0 Å². The van der Waals surface area contributed by atoms with Gasteiger partial charge in [-0.05, 0) is 41.4 Å². The van der Waals surface area contributed by atoms with Crippen molar-refractivity contribution in [1.29, 1.82) is 0 Å². The Morgan fingerprint density at radius 3 is 2.79 bits per heavy atom. The van der Waals surface area contributed by atoms with Crippen molar-refractivity contribution < 1.29 is 9.18 Å². The molecule has 1 aromatic carbocycles. The Morgan fingerprint density at radius 2 is 2.16 bits per heavy atom. The van der Waals surface area contributed by atoms with E-state index in [0.717, 1.165) is 5.56 Å². The molecule has 0 aliphatic carbocycles. The molecule has 1 unspecified atom stereocenters. The highest BCUT2D eigenvalue weighted by Gasteiger charge is 2.16. The molecule has 0 spiro atoms. The van der Waals surface area contributed by atoms with Gasteiger partial charge in [-0.1, -0.05) is 6.07 Å². The van der Waals surface area contributed by atoms with E-state index in [-0.39, 0.29) is 17.6 Å². The lowest BCUT2D eigenvalue weighted by molar-refractivity contribution is 0.0940. The van der Waals surface area contributed by atoms with Crippen LogP contribution in [0.3, 0.4) is 0 Å². The van der Waals surface area contributed by atoms with Crippen molar-refractivity contribution >= 4 is 22.9 Å². The van der Waals surface area contributed by atoms with Gasteiger partial charge in [-0.3, -0.25) is 4.79 Å². The summed E-state index contributed by atoms with van der Waals surface area (Å²) < 4.78 is 13.6. The summed E-state index contributed by atoms with van der Waals surface area (Å²) in [6.07, 6.45) is 0. The Balaban J connectivity index is 2.19. The normalized spacial score (nSPS) is 11.9. The second kappa shape index (κ2) is 5.84. The van der Waals surface area contributed by atoms with Gasteiger partial charge in [-0.2, -0.15) is 11.3 Å². The van der Waals surface area contributed by atoms with Gasteiger partial charge in [-0.25, -0.2) is 4.39 Å².